The number of nitrogens with zero attached hydrogens (tertiary/aromatic N) is 3. The number of nitrogens with one attached hydrogen (secondary N) is 2. The predicted octanol–water partition coefficient (Wildman–Crippen LogP) is 4.30. The molecule has 1 aliphatic rings. The number of hydrogen-bond acceptors (Lipinski definition) is 11. The number of anilines is 1. The van der Waals surface area contributed by atoms with E-state index in [4.69, 9.17) is 18.5 Å². The van der Waals surface area contributed by atoms with Crippen molar-refractivity contribution in [2.45, 2.75) is 71.2 Å². The molecule has 0 aliphatic carbocycles. The fraction of sp³-hybridized carbons (Fsp3) is 0.519. The molecule has 0 saturated carbocycles. The molecule has 42 heavy (non-hydrogen) atoms. The molecule has 1 fully saturated rings. The number of esters is 1. The minimum atomic E-state index is -4.28. The summed E-state index contributed by atoms with van der Waals surface area (Å²) in [6.07, 6.45) is -2.95. The van der Waals surface area contributed by atoms with Crippen molar-refractivity contribution in [3.8, 4) is 5.75 Å². The van der Waals surface area contributed by atoms with Crippen LogP contribution in [0.5, 0.6) is 5.75 Å². The van der Waals surface area contributed by atoms with Crippen LogP contribution in [0.3, 0.4) is 0 Å². The lowest BCUT2D eigenvalue weighted by molar-refractivity contribution is -0.146. The van der Waals surface area contributed by atoms with Crippen molar-refractivity contribution in [1.82, 2.24) is 19.6 Å². The summed E-state index contributed by atoms with van der Waals surface area (Å²) in [7, 11) is -4.28. The summed E-state index contributed by atoms with van der Waals surface area (Å²) in [5, 5.41) is 23.1. The van der Waals surface area contributed by atoms with E-state index in [-0.39, 0.29) is 29.7 Å². The molecule has 1 aromatic carbocycles. The van der Waals surface area contributed by atoms with Crippen LogP contribution in [-0.2, 0) is 23.4 Å². The second kappa shape index (κ2) is 13.9. The summed E-state index contributed by atoms with van der Waals surface area (Å²) in [6, 6.07) is 8.67. The highest BCUT2D eigenvalue weighted by Crippen LogP contribution is 2.46. The third-order valence-corrected chi connectivity index (χ3v) is 8.70. The van der Waals surface area contributed by atoms with Gasteiger partial charge in [-0.25, -0.2) is 18.9 Å². The van der Waals surface area contributed by atoms with Crippen molar-refractivity contribution >= 4 is 30.6 Å². The molecule has 6 atom stereocenters. The normalized spacial score (nSPS) is 22.7. The molecule has 4 rings (SSSR count). The van der Waals surface area contributed by atoms with Crippen molar-refractivity contribution in [2.75, 3.05) is 18.7 Å². The summed E-state index contributed by atoms with van der Waals surface area (Å²) < 4.78 is 53.0. The summed E-state index contributed by atoms with van der Waals surface area (Å²) in [5.41, 5.74) is 2.25. The Morgan fingerprint density at radius 3 is 2.60 bits per heavy atom. The van der Waals surface area contributed by atoms with Crippen LogP contribution in [0.2, 0.25) is 0 Å². The number of alkyl halides is 1. The van der Waals surface area contributed by atoms with Crippen LogP contribution < -0.4 is 15.1 Å². The van der Waals surface area contributed by atoms with Gasteiger partial charge >= 0.3 is 13.7 Å². The molecule has 230 valence electrons. The van der Waals surface area contributed by atoms with Gasteiger partial charge < -0.3 is 23.7 Å². The molecule has 4 N–H and O–H groups in total. The van der Waals surface area contributed by atoms with Gasteiger partial charge in [0, 0.05) is 6.20 Å². The monoisotopic (exact) mass is 609 g/mol. The van der Waals surface area contributed by atoms with Gasteiger partial charge in [0.25, 0.3) is 0 Å². The van der Waals surface area contributed by atoms with Gasteiger partial charge in [-0.1, -0.05) is 44.9 Å². The van der Waals surface area contributed by atoms with Crippen molar-refractivity contribution in [1.29, 1.82) is 0 Å². The average molecular weight is 610 g/mol. The number of aliphatic hydroxyl groups is 1. The predicted molar refractivity (Wildman–Crippen MR) is 151 cm³/mol. The summed E-state index contributed by atoms with van der Waals surface area (Å²) in [4.78, 5) is 21.1. The maximum Gasteiger partial charge on any atom is 0.459 e. The van der Waals surface area contributed by atoms with Gasteiger partial charge in [-0.15, -0.1) is 0 Å². The van der Waals surface area contributed by atoms with E-state index < -0.39 is 51.0 Å². The van der Waals surface area contributed by atoms with Gasteiger partial charge in [0.2, 0.25) is 0 Å². The molecule has 0 spiro atoms. The number of halogens is 1. The molecule has 3 aromatic rings. The maximum atomic E-state index is 15.4. The highest BCUT2D eigenvalue weighted by Gasteiger charge is 2.47. The van der Waals surface area contributed by atoms with E-state index in [1.807, 2.05) is 19.3 Å². The van der Waals surface area contributed by atoms with E-state index in [0.717, 1.165) is 12.8 Å². The number of hydrogen-bond donors (Lipinski definition) is 4. The smallest absolute Gasteiger partial charge is 0.459 e. The minimum absolute atomic E-state index is 0.128. The van der Waals surface area contributed by atoms with E-state index in [0.29, 0.717) is 11.2 Å². The fourth-order valence-corrected chi connectivity index (χ4v) is 6.02. The summed E-state index contributed by atoms with van der Waals surface area (Å²) in [5.74, 6) is 0.194. The fourth-order valence-electron chi connectivity index (χ4n) is 4.52. The van der Waals surface area contributed by atoms with Gasteiger partial charge in [0.05, 0.1) is 18.6 Å². The molecule has 13 nitrogen and oxygen atoms in total. The number of aryl methyl sites for hydroxylation is 1. The molecular formula is C27H37FN5O8P. The molecule has 15 heteroatoms. The van der Waals surface area contributed by atoms with E-state index in [1.54, 1.807) is 43.3 Å². The van der Waals surface area contributed by atoms with Gasteiger partial charge in [0.1, 0.15) is 35.5 Å². The molecule has 0 radical (unpaired) electrons. The standard InChI is InChI=1S/C27H37FN5O8P/c1-5-18(6-2)14-38-27(35)16(3)32-42(37,41-19-10-8-7-9-11-19)39-15-21-23(34)22(28)26(40-21)33-13-12-20-24(31-36)29-17(4)30-25(20)33/h7-13,16,18,21-23,26,34,36H,5-6,14-15H2,1-4H3,(H,32,37)(H,29,30,31)/t16-,21+,22+,23?,26+,42?/m0/s1. The lowest BCUT2D eigenvalue weighted by Crippen LogP contribution is -2.37. The largest absolute Gasteiger partial charge is 0.464 e. The van der Waals surface area contributed by atoms with E-state index >= 15 is 4.39 Å². The van der Waals surface area contributed by atoms with Crippen LogP contribution in [0.4, 0.5) is 10.2 Å². The lowest BCUT2D eigenvalue weighted by Gasteiger charge is -2.25. The third kappa shape index (κ3) is 7.25. The summed E-state index contributed by atoms with van der Waals surface area (Å²) in [6.45, 7) is 6.75. The van der Waals surface area contributed by atoms with Crippen LogP contribution >= 0.6 is 7.75 Å². The number of benzene rings is 1. The minimum Gasteiger partial charge on any atom is -0.464 e. The van der Waals surface area contributed by atoms with Gasteiger partial charge in [-0.3, -0.25) is 20.0 Å². The quantitative estimate of drug-likeness (QED) is 0.116. The first kappa shape index (κ1) is 31.8. The van der Waals surface area contributed by atoms with Gasteiger partial charge in [-0.05, 0) is 38.0 Å². The van der Waals surface area contributed by atoms with E-state index in [1.165, 1.54) is 17.7 Å². The Labute approximate surface area is 242 Å². The Kier molecular flexibility index (Phi) is 10.5. The molecule has 0 bridgehead atoms. The topological polar surface area (TPSA) is 166 Å². The Balaban J connectivity index is 1.49. The number of carbonyl (C=O) groups is 1. The zero-order chi connectivity index (χ0) is 30.4. The zero-order valence-corrected chi connectivity index (χ0v) is 24.7. The van der Waals surface area contributed by atoms with Gasteiger partial charge in [0.15, 0.2) is 18.2 Å². The van der Waals surface area contributed by atoms with Crippen LogP contribution in [0, 0.1) is 12.8 Å². The molecular weight excluding hydrogens is 572 g/mol. The number of ether oxygens (including phenoxy) is 2. The zero-order valence-electron chi connectivity index (χ0n) is 23.8. The number of fused-ring (bicyclic) bond motifs is 1. The Morgan fingerprint density at radius 1 is 1.21 bits per heavy atom. The molecule has 3 heterocycles. The van der Waals surface area contributed by atoms with Crippen LogP contribution in [0.1, 0.15) is 45.7 Å². The molecule has 0 amide bonds. The Hall–Kier alpha value is -3.13. The SMILES string of the molecule is CCC(CC)COC(=O)[C@H](C)NP(=O)(OC[C@H]1O[C@@H](n2ccc3c(NO)nc(C)nc32)[C@H](F)C1O)Oc1ccccc1. The van der Waals surface area contributed by atoms with Crippen molar-refractivity contribution in [3.63, 3.8) is 0 Å². The summed E-state index contributed by atoms with van der Waals surface area (Å²) >= 11 is 0. The van der Waals surface area contributed by atoms with Crippen molar-refractivity contribution < 1.29 is 42.6 Å². The van der Waals surface area contributed by atoms with Crippen molar-refractivity contribution in [3.05, 3.63) is 48.4 Å². The maximum absolute atomic E-state index is 15.4. The first-order valence-corrected chi connectivity index (χ1v) is 15.3. The first-order valence-electron chi connectivity index (χ1n) is 13.8. The number of para-hydroxylation sites is 1. The highest BCUT2D eigenvalue weighted by atomic mass is 31.2. The number of rotatable bonds is 14. The Morgan fingerprint density at radius 2 is 1.93 bits per heavy atom. The molecule has 1 saturated heterocycles. The van der Waals surface area contributed by atoms with Crippen LogP contribution in [0.25, 0.3) is 11.0 Å². The first-order chi connectivity index (χ1) is 20.1. The van der Waals surface area contributed by atoms with E-state index in [2.05, 4.69) is 15.1 Å². The second-order valence-electron chi connectivity index (χ2n) is 10.1. The molecule has 1 aliphatic heterocycles. The van der Waals surface area contributed by atoms with Gasteiger partial charge in [-0.2, -0.15) is 5.09 Å². The Bertz CT molecular complexity index is 1390. The second-order valence-corrected chi connectivity index (χ2v) is 11.7. The van der Waals surface area contributed by atoms with Crippen LogP contribution in [-0.4, -0.2) is 68.5 Å². The number of aliphatic hydroxyl groups excluding tert-OH is 1. The lowest BCUT2D eigenvalue weighted by atomic mass is 10.1. The number of carbonyl (C=O) groups excluding carboxylic acids is 1. The third-order valence-electron chi connectivity index (χ3n) is 7.06. The molecule has 2 unspecified atom stereocenters. The molecule has 2 aromatic heterocycles. The van der Waals surface area contributed by atoms with E-state index in [9.17, 15) is 19.7 Å². The average Bonchev–Trinajstić information content (AvgIpc) is 3.52. The van der Waals surface area contributed by atoms with Crippen LogP contribution in [0.15, 0.2) is 42.6 Å². The van der Waals surface area contributed by atoms with Crippen molar-refractivity contribution in [2.24, 2.45) is 5.92 Å². The number of aromatic nitrogens is 3. The highest BCUT2D eigenvalue weighted by molar-refractivity contribution is 7.52.